The standard InChI is InChI=1S/C25H22ClF3N2O3/c1-13-21(24(33)31-18-12-14(25(27,28)29)10-11-16(18)26)22(15-6-3-4-9-20(15)34-2)23-17(30-13)7-5-8-19(23)32/h3-4,6,9-12,22,30H,5,7-8H2,1-2H3,(H,31,33)/t22-/m0/s1. The zero-order chi connectivity index (χ0) is 24.6. The van der Waals surface area contributed by atoms with Gasteiger partial charge in [0.05, 0.1) is 29.3 Å². The number of halogens is 4. The Hall–Kier alpha value is -3.26. The number of nitrogens with one attached hydrogen (secondary N) is 2. The number of ketones is 1. The van der Waals surface area contributed by atoms with Crippen LogP contribution in [0.1, 0.15) is 43.2 Å². The number of hydrogen-bond donors (Lipinski definition) is 2. The molecule has 0 saturated heterocycles. The molecule has 0 bridgehead atoms. The first-order valence-corrected chi connectivity index (χ1v) is 11.0. The molecule has 2 N–H and O–H groups in total. The molecule has 4 rings (SSSR count). The van der Waals surface area contributed by atoms with Crippen LogP contribution < -0.4 is 15.4 Å². The van der Waals surface area contributed by atoms with Gasteiger partial charge in [-0.2, -0.15) is 13.2 Å². The number of benzene rings is 2. The van der Waals surface area contributed by atoms with Crippen molar-refractivity contribution < 1.29 is 27.5 Å². The van der Waals surface area contributed by atoms with Gasteiger partial charge in [-0.25, -0.2) is 0 Å². The van der Waals surface area contributed by atoms with Crippen molar-refractivity contribution in [1.82, 2.24) is 5.32 Å². The number of para-hydroxylation sites is 1. The van der Waals surface area contributed by atoms with Crippen molar-refractivity contribution in [2.75, 3.05) is 12.4 Å². The normalized spacial score (nSPS) is 18.4. The maximum Gasteiger partial charge on any atom is 0.416 e. The topological polar surface area (TPSA) is 67.4 Å². The molecule has 2 aliphatic rings. The van der Waals surface area contributed by atoms with Gasteiger partial charge in [-0.3, -0.25) is 9.59 Å². The second-order valence-electron chi connectivity index (χ2n) is 8.15. The quantitative estimate of drug-likeness (QED) is 0.553. The number of ether oxygens (including phenoxy) is 1. The van der Waals surface area contributed by atoms with Gasteiger partial charge in [-0.15, -0.1) is 0 Å². The third kappa shape index (κ3) is 4.42. The van der Waals surface area contributed by atoms with Crippen LogP contribution in [0.5, 0.6) is 5.75 Å². The van der Waals surface area contributed by atoms with Gasteiger partial charge in [0.1, 0.15) is 5.75 Å². The number of dihydropyridines is 1. The van der Waals surface area contributed by atoms with Crippen molar-refractivity contribution in [2.24, 2.45) is 0 Å². The third-order valence-corrected chi connectivity index (χ3v) is 6.34. The number of Topliss-reactive ketones (excluding diaryl/α,β-unsaturated/α-hetero) is 1. The lowest BCUT2D eigenvalue weighted by molar-refractivity contribution is -0.137. The van der Waals surface area contributed by atoms with Crippen LogP contribution in [-0.2, 0) is 15.8 Å². The minimum absolute atomic E-state index is 0.0362. The van der Waals surface area contributed by atoms with Crippen LogP contribution in [0.3, 0.4) is 0 Å². The van der Waals surface area contributed by atoms with Gasteiger partial charge >= 0.3 is 6.18 Å². The van der Waals surface area contributed by atoms with Crippen molar-refractivity contribution >= 4 is 29.0 Å². The lowest BCUT2D eigenvalue weighted by Gasteiger charge is -2.35. The maximum absolute atomic E-state index is 13.5. The molecule has 1 atom stereocenters. The van der Waals surface area contributed by atoms with E-state index in [-0.39, 0.29) is 22.1 Å². The van der Waals surface area contributed by atoms with E-state index in [0.717, 1.165) is 23.9 Å². The number of rotatable bonds is 4. The largest absolute Gasteiger partial charge is 0.496 e. The van der Waals surface area contributed by atoms with Crippen molar-refractivity contribution in [1.29, 1.82) is 0 Å². The molecule has 1 heterocycles. The number of anilines is 1. The Kier molecular flexibility index (Phi) is 6.45. The summed E-state index contributed by atoms with van der Waals surface area (Å²) < 4.78 is 45.2. The van der Waals surface area contributed by atoms with Crippen LogP contribution in [0.15, 0.2) is 65.0 Å². The number of alkyl halides is 3. The molecule has 34 heavy (non-hydrogen) atoms. The van der Waals surface area contributed by atoms with E-state index < -0.39 is 23.6 Å². The number of carbonyl (C=O) groups is 2. The van der Waals surface area contributed by atoms with Crippen molar-refractivity contribution in [3.63, 3.8) is 0 Å². The van der Waals surface area contributed by atoms with E-state index in [0.29, 0.717) is 41.8 Å². The monoisotopic (exact) mass is 490 g/mol. The third-order valence-electron chi connectivity index (χ3n) is 6.01. The van der Waals surface area contributed by atoms with Crippen molar-refractivity contribution in [3.8, 4) is 5.75 Å². The highest BCUT2D eigenvalue weighted by atomic mass is 35.5. The average Bonchev–Trinajstić information content (AvgIpc) is 2.79. The van der Waals surface area contributed by atoms with Crippen molar-refractivity contribution in [2.45, 2.75) is 38.3 Å². The predicted molar refractivity (Wildman–Crippen MR) is 123 cm³/mol. The summed E-state index contributed by atoms with van der Waals surface area (Å²) in [4.78, 5) is 26.5. The summed E-state index contributed by atoms with van der Waals surface area (Å²) in [7, 11) is 1.50. The summed E-state index contributed by atoms with van der Waals surface area (Å²) in [6.45, 7) is 1.70. The van der Waals surface area contributed by atoms with E-state index in [1.807, 2.05) is 0 Å². The second-order valence-corrected chi connectivity index (χ2v) is 8.56. The molecule has 0 fully saturated rings. The summed E-state index contributed by atoms with van der Waals surface area (Å²) in [5, 5.41) is 5.67. The molecule has 178 valence electrons. The maximum atomic E-state index is 13.5. The van der Waals surface area contributed by atoms with E-state index in [9.17, 15) is 22.8 Å². The fourth-order valence-corrected chi connectivity index (χ4v) is 4.65. The van der Waals surface area contributed by atoms with Crippen molar-refractivity contribution in [3.05, 3.63) is 81.2 Å². The fraction of sp³-hybridized carbons (Fsp3) is 0.280. The van der Waals surface area contributed by atoms with Crippen LogP contribution in [-0.4, -0.2) is 18.8 Å². The molecule has 5 nitrogen and oxygen atoms in total. The van der Waals surface area contributed by atoms with Crippen LogP contribution >= 0.6 is 11.6 Å². The van der Waals surface area contributed by atoms with E-state index in [1.54, 1.807) is 31.2 Å². The molecule has 1 aliphatic carbocycles. The molecule has 0 aromatic heterocycles. The number of hydrogen-bond acceptors (Lipinski definition) is 4. The molecule has 9 heteroatoms. The van der Waals surface area contributed by atoms with Crippen LogP contribution in [0, 0.1) is 0 Å². The van der Waals surface area contributed by atoms with Gasteiger partial charge in [0.2, 0.25) is 0 Å². The molecule has 0 saturated carbocycles. The minimum Gasteiger partial charge on any atom is -0.496 e. The Bertz CT molecular complexity index is 1230. The zero-order valence-electron chi connectivity index (χ0n) is 18.5. The smallest absolute Gasteiger partial charge is 0.416 e. The molecule has 0 unspecified atom stereocenters. The average molecular weight is 491 g/mol. The minimum atomic E-state index is -4.60. The molecule has 1 amide bonds. The fourth-order valence-electron chi connectivity index (χ4n) is 4.49. The molecule has 0 radical (unpaired) electrons. The Balaban J connectivity index is 1.81. The van der Waals surface area contributed by atoms with E-state index in [1.165, 1.54) is 7.11 Å². The van der Waals surface area contributed by atoms with Gasteiger partial charge in [-0.1, -0.05) is 29.8 Å². The Morgan fingerprint density at radius 1 is 1.18 bits per heavy atom. The zero-order valence-corrected chi connectivity index (χ0v) is 19.2. The van der Waals surface area contributed by atoms with E-state index in [4.69, 9.17) is 16.3 Å². The SMILES string of the molecule is COc1ccccc1[C@H]1C(C(=O)Nc2cc(C(F)(F)F)ccc2Cl)=C(C)NC2=C1C(=O)CCC2. The first kappa shape index (κ1) is 23.9. The molecule has 2 aromatic rings. The highest BCUT2D eigenvalue weighted by molar-refractivity contribution is 6.34. The summed E-state index contributed by atoms with van der Waals surface area (Å²) in [5.41, 5.74) is 1.45. The first-order chi connectivity index (χ1) is 16.1. The van der Waals surface area contributed by atoms with Gasteiger partial charge in [-0.05, 0) is 44.0 Å². The summed E-state index contributed by atoms with van der Waals surface area (Å²) in [6.07, 6.45) is -2.91. The summed E-state index contributed by atoms with van der Waals surface area (Å²) in [6, 6.07) is 9.80. The van der Waals surface area contributed by atoms with Gasteiger partial charge < -0.3 is 15.4 Å². The van der Waals surface area contributed by atoms with Gasteiger partial charge in [0, 0.05) is 34.5 Å². The Labute approximate surface area is 199 Å². The summed E-state index contributed by atoms with van der Waals surface area (Å²) >= 11 is 6.10. The second kappa shape index (κ2) is 9.18. The Morgan fingerprint density at radius 2 is 1.91 bits per heavy atom. The predicted octanol–water partition coefficient (Wildman–Crippen LogP) is 5.97. The van der Waals surface area contributed by atoms with Gasteiger partial charge in [0.15, 0.2) is 5.78 Å². The van der Waals surface area contributed by atoms with Crippen LogP contribution in [0.25, 0.3) is 0 Å². The van der Waals surface area contributed by atoms with Crippen LogP contribution in [0.2, 0.25) is 5.02 Å². The summed E-state index contributed by atoms with van der Waals surface area (Å²) in [5.74, 6) is -0.994. The molecule has 2 aromatic carbocycles. The number of methoxy groups -OCH3 is 1. The molecular formula is C25H22ClF3N2O3. The highest BCUT2D eigenvalue weighted by Crippen LogP contribution is 2.45. The lowest BCUT2D eigenvalue weighted by atomic mass is 9.74. The van der Waals surface area contributed by atoms with E-state index >= 15 is 0 Å². The van der Waals surface area contributed by atoms with Crippen LogP contribution in [0.4, 0.5) is 18.9 Å². The molecule has 1 aliphatic heterocycles. The number of amides is 1. The van der Waals surface area contributed by atoms with E-state index in [2.05, 4.69) is 10.6 Å². The van der Waals surface area contributed by atoms with Gasteiger partial charge in [0.25, 0.3) is 5.91 Å². The lowest BCUT2D eigenvalue weighted by Crippen LogP contribution is -2.35. The number of allylic oxidation sites excluding steroid dienone is 3. The Morgan fingerprint density at radius 3 is 2.62 bits per heavy atom. The highest BCUT2D eigenvalue weighted by Gasteiger charge is 2.40. The molecule has 0 spiro atoms. The number of carbonyl (C=O) groups excluding carboxylic acids is 2. The first-order valence-electron chi connectivity index (χ1n) is 10.7. The molecular weight excluding hydrogens is 469 g/mol.